The van der Waals surface area contributed by atoms with Gasteiger partial charge in [-0.15, -0.1) is 0 Å². The van der Waals surface area contributed by atoms with Crippen molar-refractivity contribution in [3.8, 4) is 45.8 Å². The first-order chi connectivity index (χ1) is 24.0. The van der Waals surface area contributed by atoms with Crippen molar-refractivity contribution in [3.63, 3.8) is 0 Å². The van der Waals surface area contributed by atoms with Gasteiger partial charge in [-0.2, -0.15) is 0 Å². The maximum atomic E-state index is 13.0. The third-order valence-electron chi connectivity index (χ3n) is 9.06. The summed E-state index contributed by atoms with van der Waals surface area (Å²) in [5.74, 6) is 4.93. The summed E-state index contributed by atoms with van der Waals surface area (Å²) in [5.41, 5.74) is 1.81. The maximum Gasteiger partial charge on any atom is 0.211 e. The van der Waals surface area contributed by atoms with Gasteiger partial charge in [0.2, 0.25) is 17.2 Å². The lowest BCUT2D eigenvalue weighted by Crippen LogP contribution is -2.07. The molecule has 0 spiro atoms. The molecule has 0 aliphatic rings. The first-order valence-electron chi connectivity index (χ1n) is 17.8. The third kappa shape index (κ3) is 12.2. The lowest BCUT2D eigenvalue weighted by atomic mass is 9.91. The molecule has 9 nitrogen and oxygen atoms in total. The van der Waals surface area contributed by atoms with E-state index in [1.807, 2.05) is 6.08 Å². The summed E-state index contributed by atoms with van der Waals surface area (Å²) >= 11 is 0. The summed E-state index contributed by atoms with van der Waals surface area (Å²) in [6.07, 6.45) is 14.1. The van der Waals surface area contributed by atoms with Crippen molar-refractivity contribution in [2.75, 3.05) is 49.3 Å². The van der Waals surface area contributed by atoms with Crippen molar-refractivity contribution in [3.05, 3.63) is 46.1 Å². The van der Waals surface area contributed by atoms with Gasteiger partial charge in [0, 0.05) is 11.6 Å². The molecule has 9 heteroatoms. The first kappa shape index (κ1) is 42.3. The number of aliphatic hydroxyl groups is 1. The Morgan fingerprint density at radius 2 is 1.24 bits per heavy atom. The zero-order chi connectivity index (χ0) is 37.2. The number of hydrogen-bond donors (Lipinski definition) is 1. The van der Waals surface area contributed by atoms with E-state index in [4.69, 9.17) is 37.9 Å². The Labute approximate surface area is 299 Å². The van der Waals surface area contributed by atoms with Crippen LogP contribution in [-0.4, -0.2) is 54.4 Å². The quantitative estimate of drug-likeness (QED) is 0.115. The van der Waals surface area contributed by atoms with Crippen LogP contribution in [0.1, 0.15) is 92.4 Å². The zero-order valence-corrected chi connectivity index (χ0v) is 32.4. The van der Waals surface area contributed by atoms with Gasteiger partial charge in [0.15, 0.2) is 28.3 Å². The minimum atomic E-state index is -0.327. The monoisotopic (exact) mass is 698 g/mol. The van der Waals surface area contributed by atoms with Crippen molar-refractivity contribution in [1.29, 1.82) is 0 Å². The van der Waals surface area contributed by atoms with E-state index in [-0.39, 0.29) is 46.0 Å². The molecule has 0 saturated carbocycles. The van der Waals surface area contributed by atoms with Crippen molar-refractivity contribution in [1.82, 2.24) is 0 Å². The fourth-order valence-electron chi connectivity index (χ4n) is 6.14. The fraction of sp³-hybridized carbons (Fsp3) is 0.585. The van der Waals surface area contributed by atoms with Crippen LogP contribution in [0.4, 0.5) is 0 Å². The van der Waals surface area contributed by atoms with Crippen LogP contribution in [0.15, 0.2) is 45.1 Å². The number of ether oxygens (including phenoxy) is 6. The molecule has 2 aromatic carbocycles. The molecule has 0 unspecified atom stereocenters. The highest BCUT2D eigenvalue weighted by Gasteiger charge is 2.27. The molecule has 3 rings (SSSR count). The molecule has 0 amide bonds. The first-order valence-corrected chi connectivity index (χ1v) is 17.8. The molecule has 2 atom stereocenters. The van der Waals surface area contributed by atoms with Crippen LogP contribution in [0.2, 0.25) is 0 Å². The Hall–Kier alpha value is -3.85. The number of hydrogen-bond acceptors (Lipinski definition) is 9. The second kappa shape index (κ2) is 22.1. The number of rotatable bonds is 20. The van der Waals surface area contributed by atoms with E-state index in [1.54, 1.807) is 25.3 Å². The summed E-state index contributed by atoms with van der Waals surface area (Å²) in [5, 5.41) is 9.02. The average Bonchev–Trinajstić information content (AvgIpc) is 3.10. The van der Waals surface area contributed by atoms with Gasteiger partial charge in [-0.3, -0.25) is 4.79 Å². The van der Waals surface area contributed by atoms with E-state index in [0.717, 1.165) is 24.2 Å². The van der Waals surface area contributed by atoms with Gasteiger partial charge in [0.1, 0.15) is 11.1 Å². The number of aliphatic hydroxyl groups excluding tert-OH is 1. The van der Waals surface area contributed by atoms with E-state index < -0.39 is 0 Å². The van der Waals surface area contributed by atoms with Crippen LogP contribution in [0.25, 0.3) is 22.3 Å². The van der Waals surface area contributed by atoms with Gasteiger partial charge in [-0.1, -0.05) is 84.3 Å². The van der Waals surface area contributed by atoms with Gasteiger partial charge in [-0.25, -0.2) is 0 Å². The Balaban J connectivity index is 0.000000368. The van der Waals surface area contributed by atoms with Crippen LogP contribution in [0, 0.1) is 17.8 Å². The predicted octanol–water partition coefficient (Wildman–Crippen LogP) is 9.88. The smallest absolute Gasteiger partial charge is 0.211 e. The standard InChI is InChI=1S/C21H22O8.C20H40O/c1-23-13-8-7-11(9-15(13)24-2)14-10-12(22)16-17(25-3)19(26-4)21(28-6)20(27-5)18(16)29-14;1-17(2)9-6-10-18(3)11-7-12-19(4)13-8-14-20(5)15-16-21/h7-10H,1-6H3;15,17-19,21H,6-14,16H2,1-5H3/b;20-15+/t;18-,19-/m.1/s1. The third-order valence-corrected chi connectivity index (χ3v) is 9.06. The normalized spacial score (nSPS) is 12.6. The van der Waals surface area contributed by atoms with Crippen LogP contribution in [0.5, 0.6) is 34.5 Å². The Kier molecular flexibility index (Phi) is 18.7. The molecule has 0 fully saturated rings. The summed E-state index contributed by atoms with van der Waals surface area (Å²) in [6, 6.07) is 6.57. The molecule has 50 heavy (non-hydrogen) atoms. The number of benzene rings is 2. The Morgan fingerprint density at radius 3 is 1.76 bits per heavy atom. The highest BCUT2D eigenvalue weighted by molar-refractivity contribution is 5.95. The van der Waals surface area contributed by atoms with Gasteiger partial charge in [-0.05, 0) is 55.7 Å². The van der Waals surface area contributed by atoms with Crippen LogP contribution >= 0.6 is 0 Å². The minimum absolute atomic E-state index is 0.180. The van der Waals surface area contributed by atoms with E-state index in [1.165, 1.54) is 98.6 Å². The second-order valence-electron chi connectivity index (χ2n) is 13.5. The number of methoxy groups -OCH3 is 6. The van der Waals surface area contributed by atoms with Crippen LogP contribution in [0.3, 0.4) is 0 Å². The van der Waals surface area contributed by atoms with E-state index in [2.05, 4.69) is 34.6 Å². The van der Waals surface area contributed by atoms with Gasteiger partial charge in [0.25, 0.3) is 0 Å². The SMILES string of the molecule is C/C(=C\CO)CCC[C@H](C)CCC[C@H](C)CCCC(C)C.COc1ccc(-c2cc(=O)c3c(OC)c(OC)c(OC)c(OC)c3o2)cc1OC. The molecule has 3 aromatic rings. The van der Waals surface area contributed by atoms with Gasteiger partial charge >= 0.3 is 0 Å². The largest absolute Gasteiger partial charge is 0.493 e. The molecule has 280 valence electrons. The van der Waals surface area contributed by atoms with Crippen LogP contribution < -0.4 is 33.8 Å². The molecular formula is C41H62O9. The topological polar surface area (TPSA) is 106 Å². The Morgan fingerprint density at radius 1 is 0.700 bits per heavy atom. The summed E-state index contributed by atoms with van der Waals surface area (Å²) in [6.45, 7) is 11.8. The second-order valence-corrected chi connectivity index (χ2v) is 13.5. The Bertz CT molecular complexity index is 1540. The van der Waals surface area contributed by atoms with Crippen molar-refractivity contribution < 1.29 is 37.9 Å². The summed E-state index contributed by atoms with van der Waals surface area (Å²) in [7, 11) is 8.87. The molecule has 1 aromatic heterocycles. The summed E-state index contributed by atoms with van der Waals surface area (Å²) < 4.78 is 38.4. The summed E-state index contributed by atoms with van der Waals surface area (Å²) in [4.78, 5) is 13.0. The van der Waals surface area contributed by atoms with Crippen molar-refractivity contribution >= 4 is 11.0 Å². The number of allylic oxidation sites excluding steroid dienone is 1. The van der Waals surface area contributed by atoms with E-state index in [9.17, 15) is 4.79 Å². The highest BCUT2D eigenvalue weighted by Crippen LogP contribution is 2.50. The lowest BCUT2D eigenvalue weighted by Gasteiger charge is -2.18. The number of fused-ring (bicyclic) bond motifs is 1. The molecule has 0 aliphatic heterocycles. The molecule has 0 saturated heterocycles. The van der Waals surface area contributed by atoms with Crippen molar-refractivity contribution in [2.45, 2.75) is 92.4 Å². The maximum absolute atomic E-state index is 13.0. The molecule has 0 aliphatic carbocycles. The molecule has 1 heterocycles. The predicted molar refractivity (Wildman–Crippen MR) is 203 cm³/mol. The average molecular weight is 699 g/mol. The molecule has 0 radical (unpaired) electrons. The van der Waals surface area contributed by atoms with Gasteiger partial charge in [0.05, 0.1) is 49.3 Å². The molecule has 1 N–H and O–H groups in total. The fourth-order valence-corrected chi connectivity index (χ4v) is 6.14. The lowest BCUT2D eigenvalue weighted by molar-refractivity contribution is 0.307. The molecular weight excluding hydrogens is 636 g/mol. The van der Waals surface area contributed by atoms with Crippen molar-refractivity contribution in [2.24, 2.45) is 17.8 Å². The highest BCUT2D eigenvalue weighted by atomic mass is 16.5. The molecule has 0 bridgehead atoms. The van der Waals surface area contributed by atoms with Crippen LogP contribution in [-0.2, 0) is 0 Å². The van der Waals surface area contributed by atoms with Gasteiger partial charge < -0.3 is 37.9 Å². The minimum Gasteiger partial charge on any atom is -0.493 e. The zero-order valence-electron chi connectivity index (χ0n) is 32.4. The van der Waals surface area contributed by atoms with E-state index in [0.29, 0.717) is 22.8 Å². The van der Waals surface area contributed by atoms with E-state index >= 15 is 0 Å².